The summed E-state index contributed by atoms with van der Waals surface area (Å²) in [4.78, 5) is 9.11. The van der Waals surface area contributed by atoms with Gasteiger partial charge in [-0.05, 0) is 25.1 Å². The predicted octanol–water partition coefficient (Wildman–Crippen LogP) is 2.23. The van der Waals surface area contributed by atoms with Crippen molar-refractivity contribution in [1.29, 1.82) is 0 Å². The standard InChI is InChI=1S/C20H23N7O/c1-26-13-14(10-24-26)18-12-23-20-19(22-7-8-27(18)20)25-15-3-2-4-16(9-15)28-17-5-6-21-11-17/h2-4,7-10,12,14,17,21H,5-6,11,13H2,1H3,(H,22,25). The van der Waals surface area contributed by atoms with Crippen LogP contribution in [0.5, 0.6) is 5.75 Å². The van der Waals surface area contributed by atoms with E-state index in [1.54, 1.807) is 6.20 Å². The number of ether oxygens (including phenoxy) is 1. The summed E-state index contributed by atoms with van der Waals surface area (Å²) in [6, 6.07) is 7.99. The second kappa shape index (κ2) is 7.12. The first kappa shape index (κ1) is 17.0. The minimum absolute atomic E-state index is 0.229. The van der Waals surface area contributed by atoms with Gasteiger partial charge in [0.15, 0.2) is 11.5 Å². The molecule has 2 atom stereocenters. The number of fused-ring (bicyclic) bond motifs is 1. The van der Waals surface area contributed by atoms with Gasteiger partial charge in [-0.25, -0.2) is 9.97 Å². The Kier molecular flexibility index (Phi) is 4.32. The molecule has 0 bridgehead atoms. The van der Waals surface area contributed by atoms with Crippen LogP contribution in [0.2, 0.25) is 0 Å². The minimum Gasteiger partial charge on any atom is -0.489 e. The number of benzene rings is 1. The summed E-state index contributed by atoms with van der Waals surface area (Å²) in [5, 5.41) is 13.0. The Bertz CT molecular complexity index is 1010. The fourth-order valence-corrected chi connectivity index (χ4v) is 3.75. The van der Waals surface area contributed by atoms with E-state index in [0.29, 0.717) is 0 Å². The molecule has 0 amide bonds. The molecule has 0 aliphatic carbocycles. The van der Waals surface area contributed by atoms with E-state index in [4.69, 9.17) is 4.74 Å². The molecule has 2 aromatic heterocycles. The SMILES string of the molecule is CN1CC(c2cnc3c(Nc4cccc(OC5CCNC5)c4)nccn23)C=N1. The molecule has 4 heterocycles. The molecule has 8 nitrogen and oxygen atoms in total. The number of aromatic nitrogens is 3. The van der Waals surface area contributed by atoms with Crippen molar-refractivity contribution < 1.29 is 4.74 Å². The highest BCUT2D eigenvalue weighted by molar-refractivity contribution is 5.73. The normalized spacial score (nSPS) is 21.5. The van der Waals surface area contributed by atoms with Gasteiger partial charge >= 0.3 is 0 Å². The lowest BCUT2D eigenvalue weighted by Gasteiger charge is -2.14. The van der Waals surface area contributed by atoms with E-state index in [1.165, 1.54) is 0 Å². The summed E-state index contributed by atoms with van der Waals surface area (Å²) in [5.74, 6) is 1.81. The van der Waals surface area contributed by atoms with Crippen molar-refractivity contribution in [2.45, 2.75) is 18.4 Å². The fraction of sp³-hybridized carbons (Fsp3) is 0.350. The second-order valence-electron chi connectivity index (χ2n) is 7.25. The smallest absolute Gasteiger partial charge is 0.180 e. The largest absolute Gasteiger partial charge is 0.489 e. The molecule has 0 spiro atoms. The van der Waals surface area contributed by atoms with Crippen LogP contribution in [0.15, 0.2) is 48.0 Å². The van der Waals surface area contributed by atoms with Crippen LogP contribution in [0.3, 0.4) is 0 Å². The molecule has 2 aliphatic heterocycles. The summed E-state index contributed by atoms with van der Waals surface area (Å²) in [5.41, 5.74) is 2.84. The highest BCUT2D eigenvalue weighted by atomic mass is 16.5. The van der Waals surface area contributed by atoms with E-state index in [9.17, 15) is 0 Å². The zero-order valence-electron chi connectivity index (χ0n) is 15.7. The molecule has 8 heteroatoms. The number of hydrazone groups is 1. The van der Waals surface area contributed by atoms with Crippen molar-refractivity contribution in [3.8, 4) is 5.75 Å². The fourth-order valence-electron chi connectivity index (χ4n) is 3.75. The number of anilines is 2. The first-order valence-corrected chi connectivity index (χ1v) is 9.58. The maximum Gasteiger partial charge on any atom is 0.180 e. The second-order valence-corrected chi connectivity index (χ2v) is 7.25. The van der Waals surface area contributed by atoms with Crippen LogP contribution in [0.1, 0.15) is 18.0 Å². The topological polar surface area (TPSA) is 79.1 Å². The lowest BCUT2D eigenvalue weighted by molar-refractivity contribution is 0.223. The molecule has 2 unspecified atom stereocenters. The molecule has 2 N–H and O–H groups in total. The van der Waals surface area contributed by atoms with Gasteiger partial charge in [0.05, 0.1) is 17.8 Å². The van der Waals surface area contributed by atoms with E-state index >= 15 is 0 Å². The van der Waals surface area contributed by atoms with Gasteiger partial charge in [0.25, 0.3) is 0 Å². The van der Waals surface area contributed by atoms with Gasteiger partial charge in [-0.15, -0.1) is 0 Å². The Morgan fingerprint density at radius 2 is 2.25 bits per heavy atom. The molecule has 5 rings (SSSR count). The Hall–Kier alpha value is -3.13. The average Bonchev–Trinajstić information content (AvgIpc) is 3.43. The van der Waals surface area contributed by atoms with Gasteiger partial charge in [-0.3, -0.25) is 9.41 Å². The van der Waals surface area contributed by atoms with E-state index in [-0.39, 0.29) is 12.0 Å². The number of nitrogens with zero attached hydrogens (tertiary/aromatic N) is 5. The highest BCUT2D eigenvalue weighted by Gasteiger charge is 2.21. The summed E-state index contributed by atoms with van der Waals surface area (Å²) >= 11 is 0. The third kappa shape index (κ3) is 3.27. The molecule has 0 radical (unpaired) electrons. The van der Waals surface area contributed by atoms with E-state index in [0.717, 1.165) is 54.7 Å². The number of nitrogens with one attached hydrogen (secondary N) is 2. The minimum atomic E-state index is 0.229. The van der Waals surface area contributed by atoms with E-state index in [1.807, 2.05) is 54.9 Å². The summed E-state index contributed by atoms with van der Waals surface area (Å²) in [7, 11) is 1.98. The third-order valence-corrected chi connectivity index (χ3v) is 5.16. The Morgan fingerprint density at radius 3 is 3.07 bits per heavy atom. The molecule has 28 heavy (non-hydrogen) atoms. The Morgan fingerprint density at radius 1 is 1.29 bits per heavy atom. The van der Waals surface area contributed by atoms with Gasteiger partial charge in [-0.2, -0.15) is 5.10 Å². The van der Waals surface area contributed by atoms with Gasteiger partial charge in [0, 0.05) is 50.5 Å². The molecule has 1 saturated heterocycles. The first-order chi connectivity index (χ1) is 13.8. The van der Waals surface area contributed by atoms with E-state index < -0.39 is 0 Å². The van der Waals surface area contributed by atoms with Crippen LogP contribution in [0.25, 0.3) is 5.65 Å². The van der Waals surface area contributed by atoms with Crippen molar-refractivity contribution in [3.05, 3.63) is 48.5 Å². The molecular weight excluding hydrogens is 354 g/mol. The quantitative estimate of drug-likeness (QED) is 0.710. The molecular formula is C20H23N7O. The molecule has 3 aromatic rings. The lowest BCUT2D eigenvalue weighted by atomic mass is 10.1. The van der Waals surface area contributed by atoms with Gasteiger partial charge in [0.1, 0.15) is 11.9 Å². The predicted molar refractivity (Wildman–Crippen MR) is 108 cm³/mol. The Labute approximate surface area is 163 Å². The van der Waals surface area contributed by atoms with Crippen LogP contribution >= 0.6 is 0 Å². The number of hydrogen-bond acceptors (Lipinski definition) is 7. The van der Waals surface area contributed by atoms with Crippen molar-refractivity contribution in [3.63, 3.8) is 0 Å². The zero-order valence-corrected chi connectivity index (χ0v) is 15.7. The number of imidazole rings is 1. The molecule has 1 aromatic carbocycles. The van der Waals surface area contributed by atoms with Crippen molar-refractivity contribution >= 4 is 23.4 Å². The number of likely N-dealkylation sites (N-methyl/N-ethyl adjacent to an activating group) is 1. The average molecular weight is 377 g/mol. The van der Waals surface area contributed by atoms with Gasteiger partial charge in [0.2, 0.25) is 0 Å². The lowest BCUT2D eigenvalue weighted by Crippen LogP contribution is -2.19. The molecule has 144 valence electrons. The van der Waals surface area contributed by atoms with Crippen LogP contribution < -0.4 is 15.4 Å². The maximum absolute atomic E-state index is 6.06. The zero-order chi connectivity index (χ0) is 18.9. The van der Waals surface area contributed by atoms with Gasteiger partial charge < -0.3 is 15.4 Å². The van der Waals surface area contributed by atoms with Crippen molar-refractivity contribution in [2.24, 2.45) is 5.10 Å². The Balaban J connectivity index is 1.39. The third-order valence-electron chi connectivity index (χ3n) is 5.16. The van der Waals surface area contributed by atoms with E-state index in [2.05, 4.69) is 30.1 Å². The monoisotopic (exact) mass is 377 g/mol. The maximum atomic E-state index is 6.06. The number of hydrogen-bond donors (Lipinski definition) is 2. The first-order valence-electron chi connectivity index (χ1n) is 9.58. The molecule has 0 saturated carbocycles. The number of rotatable bonds is 5. The summed E-state index contributed by atoms with van der Waals surface area (Å²) < 4.78 is 8.14. The summed E-state index contributed by atoms with van der Waals surface area (Å²) in [6.07, 6.45) is 8.88. The van der Waals surface area contributed by atoms with Crippen molar-refractivity contribution in [2.75, 3.05) is 32.0 Å². The molecule has 1 fully saturated rings. The summed E-state index contributed by atoms with van der Waals surface area (Å²) in [6.45, 7) is 2.77. The highest BCUT2D eigenvalue weighted by Crippen LogP contribution is 2.26. The molecule has 2 aliphatic rings. The van der Waals surface area contributed by atoms with Gasteiger partial charge in [-0.1, -0.05) is 6.07 Å². The van der Waals surface area contributed by atoms with Crippen LogP contribution in [-0.2, 0) is 0 Å². The van der Waals surface area contributed by atoms with Crippen molar-refractivity contribution in [1.82, 2.24) is 24.7 Å². The van der Waals surface area contributed by atoms with Crippen LogP contribution in [-0.4, -0.2) is 58.4 Å². The van der Waals surface area contributed by atoms with Crippen LogP contribution in [0, 0.1) is 0 Å². The van der Waals surface area contributed by atoms with Crippen LogP contribution in [0.4, 0.5) is 11.5 Å².